The second-order valence-corrected chi connectivity index (χ2v) is 4.76. The van der Waals surface area contributed by atoms with Gasteiger partial charge in [0.1, 0.15) is 0 Å². The molecular weight excluding hydrogens is 195 g/mol. The number of carbonyl (C=O) groups is 1. The lowest BCUT2D eigenvalue weighted by Crippen LogP contribution is -2.19. The van der Waals surface area contributed by atoms with E-state index >= 15 is 0 Å². The van der Waals surface area contributed by atoms with E-state index in [1.807, 2.05) is 0 Å². The molecule has 0 fully saturated rings. The van der Waals surface area contributed by atoms with Gasteiger partial charge < -0.3 is 14.2 Å². The molecule has 5 nitrogen and oxygen atoms in total. The molecule has 0 spiro atoms. The maximum Gasteiger partial charge on any atom is 0.344 e. The van der Waals surface area contributed by atoms with Gasteiger partial charge >= 0.3 is 13.6 Å². The Hall–Kier alpha value is -0.380. The molecule has 0 radical (unpaired) electrons. The summed E-state index contributed by atoms with van der Waals surface area (Å²) in [6.07, 6.45) is 0. The van der Waals surface area contributed by atoms with Gasteiger partial charge in [-0.2, -0.15) is 0 Å². The number of carboxylic acids is 1. The van der Waals surface area contributed by atoms with Crippen molar-refractivity contribution in [3.05, 3.63) is 0 Å². The van der Waals surface area contributed by atoms with Gasteiger partial charge in [-0.3, -0.25) is 9.36 Å². The van der Waals surface area contributed by atoms with Gasteiger partial charge in [-0.25, -0.2) is 0 Å². The third kappa shape index (κ3) is 3.46. The molecule has 0 aliphatic heterocycles. The van der Waals surface area contributed by atoms with E-state index in [4.69, 9.17) is 14.2 Å². The summed E-state index contributed by atoms with van der Waals surface area (Å²) < 4.78 is 21.4. The highest BCUT2D eigenvalue weighted by molar-refractivity contribution is 7.55. The fraction of sp³-hybridized carbons (Fsp3) is 0.857. The zero-order valence-electron chi connectivity index (χ0n) is 8.02. The Morgan fingerprint density at radius 2 is 1.77 bits per heavy atom. The van der Waals surface area contributed by atoms with Crippen molar-refractivity contribution in [2.45, 2.75) is 26.4 Å². The van der Waals surface area contributed by atoms with Crippen molar-refractivity contribution >= 4 is 13.6 Å². The quantitative estimate of drug-likeness (QED) is 0.676. The smallest absolute Gasteiger partial charge is 0.344 e. The Morgan fingerprint density at radius 3 is 2.00 bits per heavy atom. The van der Waals surface area contributed by atoms with Crippen molar-refractivity contribution in [1.82, 2.24) is 0 Å². The number of rotatable bonds is 6. The molecule has 0 heterocycles. The Morgan fingerprint density at radius 1 is 1.38 bits per heavy atom. The van der Waals surface area contributed by atoms with Crippen LogP contribution in [0.3, 0.4) is 0 Å². The molecule has 0 rings (SSSR count). The second kappa shape index (κ2) is 5.37. The van der Waals surface area contributed by atoms with Gasteiger partial charge in [-0.15, -0.1) is 0 Å². The number of carboxylic acid groups (broad SMARTS) is 1. The molecular formula is C7H15O5P. The molecule has 0 aromatic heterocycles. The summed E-state index contributed by atoms with van der Waals surface area (Å²) in [4.78, 5) is 10.6. The average molecular weight is 210 g/mol. The topological polar surface area (TPSA) is 72.8 Å². The largest absolute Gasteiger partial charge is 0.481 e. The summed E-state index contributed by atoms with van der Waals surface area (Å²) in [5.74, 6) is -1.18. The first-order valence-corrected chi connectivity index (χ1v) is 5.70. The molecule has 0 saturated heterocycles. The fourth-order valence-electron chi connectivity index (χ4n) is 0.756. The molecule has 6 heteroatoms. The lowest BCUT2D eigenvalue weighted by atomic mass is 10.5. The van der Waals surface area contributed by atoms with E-state index in [2.05, 4.69) is 0 Å². The van der Waals surface area contributed by atoms with E-state index in [9.17, 15) is 9.36 Å². The molecule has 0 saturated carbocycles. The van der Waals surface area contributed by atoms with Crippen molar-refractivity contribution in [2.24, 2.45) is 0 Å². The third-order valence-electron chi connectivity index (χ3n) is 1.45. The molecule has 0 unspecified atom stereocenters. The molecule has 1 N–H and O–H groups in total. The molecule has 0 bridgehead atoms. The standard InChI is InChI=1S/C7H15O5P/c1-4-11-13(10,12-5-2)6(3)7(8)9/h6H,4-5H2,1-3H3,(H,8,9)/t6-/m0/s1. The highest BCUT2D eigenvalue weighted by Gasteiger charge is 2.37. The summed E-state index contributed by atoms with van der Waals surface area (Å²) in [5, 5.41) is 8.64. The summed E-state index contributed by atoms with van der Waals surface area (Å²) in [7, 11) is -3.47. The minimum atomic E-state index is -3.47. The van der Waals surface area contributed by atoms with Crippen LogP contribution in [-0.2, 0) is 18.4 Å². The number of hydrogen-bond acceptors (Lipinski definition) is 4. The maximum absolute atomic E-state index is 11.7. The molecule has 78 valence electrons. The van der Waals surface area contributed by atoms with E-state index < -0.39 is 19.2 Å². The average Bonchev–Trinajstić information content (AvgIpc) is 2.03. The van der Waals surface area contributed by atoms with E-state index in [1.54, 1.807) is 13.8 Å². The van der Waals surface area contributed by atoms with Crippen LogP contribution in [-0.4, -0.2) is 29.9 Å². The van der Waals surface area contributed by atoms with Gasteiger partial charge in [0.15, 0.2) is 5.66 Å². The van der Waals surface area contributed by atoms with Crippen LogP contribution in [0.1, 0.15) is 20.8 Å². The molecule has 0 aromatic rings. The van der Waals surface area contributed by atoms with Gasteiger partial charge in [0, 0.05) is 0 Å². The van der Waals surface area contributed by atoms with Crippen LogP contribution in [0, 0.1) is 0 Å². The first-order chi connectivity index (χ1) is 5.98. The van der Waals surface area contributed by atoms with Crippen molar-refractivity contribution in [1.29, 1.82) is 0 Å². The molecule has 1 atom stereocenters. The fourth-order valence-corrected chi connectivity index (χ4v) is 2.27. The SMILES string of the molecule is CCOP(=O)(OCC)[C@@H](C)C(=O)O. The van der Waals surface area contributed by atoms with Crippen LogP contribution < -0.4 is 0 Å². The first kappa shape index (κ1) is 12.6. The highest BCUT2D eigenvalue weighted by Crippen LogP contribution is 2.52. The van der Waals surface area contributed by atoms with Crippen LogP contribution in [0.25, 0.3) is 0 Å². The monoisotopic (exact) mass is 210 g/mol. The summed E-state index contributed by atoms with van der Waals surface area (Å²) in [5.41, 5.74) is -1.12. The molecule has 0 aromatic carbocycles. The van der Waals surface area contributed by atoms with E-state index in [-0.39, 0.29) is 13.2 Å². The van der Waals surface area contributed by atoms with Gasteiger partial charge in [0.05, 0.1) is 13.2 Å². The zero-order chi connectivity index (χ0) is 10.5. The Balaban J connectivity index is 4.57. The van der Waals surface area contributed by atoms with Gasteiger partial charge in [0.25, 0.3) is 0 Å². The van der Waals surface area contributed by atoms with E-state index in [0.717, 1.165) is 0 Å². The molecule has 13 heavy (non-hydrogen) atoms. The second-order valence-electron chi connectivity index (χ2n) is 2.39. The minimum absolute atomic E-state index is 0.175. The number of aliphatic carboxylic acids is 1. The summed E-state index contributed by atoms with van der Waals surface area (Å²) >= 11 is 0. The van der Waals surface area contributed by atoms with E-state index in [1.165, 1.54) is 6.92 Å². The predicted octanol–water partition coefficient (Wildman–Crippen LogP) is 1.73. The normalized spacial score (nSPS) is 14.1. The van der Waals surface area contributed by atoms with Crippen molar-refractivity contribution in [3.63, 3.8) is 0 Å². The summed E-state index contributed by atoms with van der Waals surface area (Å²) in [6, 6.07) is 0. The van der Waals surface area contributed by atoms with Crippen LogP contribution in [0.2, 0.25) is 0 Å². The molecule has 0 amide bonds. The van der Waals surface area contributed by atoms with Crippen LogP contribution in [0.15, 0.2) is 0 Å². The van der Waals surface area contributed by atoms with Crippen LogP contribution in [0.5, 0.6) is 0 Å². The van der Waals surface area contributed by atoms with Gasteiger partial charge in [0.2, 0.25) is 0 Å². The summed E-state index contributed by atoms with van der Waals surface area (Å²) in [6.45, 7) is 4.94. The van der Waals surface area contributed by atoms with Crippen LogP contribution >= 0.6 is 7.60 Å². The van der Waals surface area contributed by atoms with Crippen molar-refractivity contribution < 1.29 is 23.5 Å². The lowest BCUT2D eigenvalue weighted by molar-refractivity contribution is -0.136. The van der Waals surface area contributed by atoms with Crippen molar-refractivity contribution in [3.8, 4) is 0 Å². The first-order valence-electron chi connectivity index (χ1n) is 4.09. The van der Waals surface area contributed by atoms with Crippen LogP contribution in [0.4, 0.5) is 0 Å². The van der Waals surface area contributed by atoms with E-state index in [0.29, 0.717) is 0 Å². The van der Waals surface area contributed by atoms with Gasteiger partial charge in [-0.1, -0.05) is 0 Å². The Kier molecular flexibility index (Phi) is 5.21. The number of hydrogen-bond donors (Lipinski definition) is 1. The van der Waals surface area contributed by atoms with Crippen molar-refractivity contribution in [2.75, 3.05) is 13.2 Å². The Bertz CT molecular complexity index is 205. The minimum Gasteiger partial charge on any atom is -0.481 e. The molecule has 0 aliphatic carbocycles. The third-order valence-corrected chi connectivity index (χ3v) is 3.86. The Labute approximate surface area is 77.6 Å². The van der Waals surface area contributed by atoms with Gasteiger partial charge in [-0.05, 0) is 20.8 Å². The zero-order valence-corrected chi connectivity index (χ0v) is 8.91. The predicted molar refractivity (Wildman–Crippen MR) is 48.0 cm³/mol. The maximum atomic E-state index is 11.7. The molecule has 0 aliphatic rings. The highest BCUT2D eigenvalue weighted by atomic mass is 31.2. The lowest BCUT2D eigenvalue weighted by Gasteiger charge is -2.19.